The van der Waals surface area contributed by atoms with Gasteiger partial charge in [-0.25, -0.2) is 4.79 Å². The summed E-state index contributed by atoms with van der Waals surface area (Å²) in [7, 11) is 0. The molecule has 2 rings (SSSR count). The molecule has 0 bridgehead atoms. The zero-order valence-corrected chi connectivity index (χ0v) is 9.76. The lowest BCUT2D eigenvalue weighted by Gasteiger charge is -2.00. The second-order valence-corrected chi connectivity index (χ2v) is 3.63. The van der Waals surface area contributed by atoms with E-state index in [1.807, 2.05) is 6.07 Å². The molecular formula is C14H16N2O. The zero-order valence-electron chi connectivity index (χ0n) is 9.76. The molecule has 0 heterocycles. The Morgan fingerprint density at radius 3 is 1.71 bits per heavy atom. The molecule has 0 radical (unpaired) electrons. The van der Waals surface area contributed by atoms with Gasteiger partial charge in [0, 0.05) is 0 Å². The number of primary amides is 2. The lowest BCUT2D eigenvalue weighted by atomic mass is 10.0. The third kappa shape index (κ3) is 4.84. The van der Waals surface area contributed by atoms with Crippen molar-refractivity contribution in [2.75, 3.05) is 0 Å². The largest absolute Gasteiger partial charge is 0.352 e. The molecule has 88 valence electrons. The molecule has 0 unspecified atom stereocenters. The van der Waals surface area contributed by atoms with Crippen molar-refractivity contribution in [3.63, 3.8) is 0 Å². The fourth-order valence-electron chi connectivity index (χ4n) is 1.38. The molecule has 0 fully saturated rings. The van der Waals surface area contributed by atoms with Crippen LogP contribution in [-0.2, 0) is 0 Å². The van der Waals surface area contributed by atoms with Gasteiger partial charge in [0.2, 0.25) is 0 Å². The third-order valence-electron chi connectivity index (χ3n) is 2.16. The van der Waals surface area contributed by atoms with Gasteiger partial charge in [0.1, 0.15) is 0 Å². The predicted molar refractivity (Wildman–Crippen MR) is 70.4 cm³/mol. The lowest BCUT2D eigenvalue weighted by Crippen LogP contribution is -2.18. The van der Waals surface area contributed by atoms with E-state index in [4.69, 9.17) is 4.79 Å². The van der Waals surface area contributed by atoms with Crippen molar-refractivity contribution in [3.8, 4) is 11.1 Å². The van der Waals surface area contributed by atoms with Crippen molar-refractivity contribution < 1.29 is 4.79 Å². The molecule has 17 heavy (non-hydrogen) atoms. The maximum Gasteiger partial charge on any atom is 0.309 e. The first-order valence-electron chi connectivity index (χ1n) is 5.26. The second-order valence-electron chi connectivity index (χ2n) is 3.63. The summed E-state index contributed by atoms with van der Waals surface area (Å²) in [6.45, 7) is 2.11. The summed E-state index contributed by atoms with van der Waals surface area (Å²) in [5, 5.41) is 0. The fraction of sp³-hybridized carbons (Fsp3) is 0.0714. The Hall–Kier alpha value is -2.29. The average molecular weight is 228 g/mol. The molecule has 2 amide bonds. The number of carbonyl (C=O) groups excluding carboxylic acids is 1. The van der Waals surface area contributed by atoms with Crippen molar-refractivity contribution >= 4 is 6.03 Å². The van der Waals surface area contributed by atoms with Gasteiger partial charge < -0.3 is 11.5 Å². The first-order valence-corrected chi connectivity index (χ1v) is 5.26. The van der Waals surface area contributed by atoms with Gasteiger partial charge >= 0.3 is 6.03 Å². The molecule has 0 aliphatic rings. The van der Waals surface area contributed by atoms with Crippen LogP contribution in [0.2, 0.25) is 0 Å². The van der Waals surface area contributed by atoms with Crippen LogP contribution in [-0.4, -0.2) is 6.03 Å². The number of benzene rings is 2. The van der Waals surface area contributed by atoms with E-state index in [-0.39, 0.29) is 0 Å². The smallest absolute Gasteiger partial charge is 0.309 e. The van der Waals surface area contributed by atoms with E-state index in [2.05, 4.69) is 66.9 Å². The number of amides is 2. The number of rotatable bonds is 1. The Morgan fingerprint density at radius 2 is 1.24 bits per heavy atom. The SMILES string of the molecule is Cc1ccc(-c2ccccc2)cc1.NC(N)=O. The van der Waals surface area contributed by atoms with Gasteiger partial charge in [-0.3, -0.25) is 0 Å². The minimum Gasteiger partial charge on any atom is -0.352 e. The number of urea groups is 1. The van der Waals surface area contributed by atoms with Crippen LogP contribution in [0.4, 0.5) is 4.79 Å². The molecule has 2 aromatic carbocycles. The van der Waals surface area contributed by atoms with Crippen LogP contribution in [0, 0.1) is 6.92 Å². The second kappa shape index (κ2) is 6.33. The third-order valence-corrected chi connectivity index (χ3v) is 2.16. The van der Waals surface area contributed by atoms with Crippen molar-refractivity contribution in [3.05, 3.63) is 60.2 Å². The molecule has 0 saturated carbocycles. The fourth-order valence-corrected chi connectivity index (χ4v) is 1.38. The van der Waals surface area contributed by atoms with Gasteiger partial charge in [0.05, 0.1) is 0 Å². The van der Waals surface area contributed by atoms with Crippen LogP contribution < -0.4 is 11.5 Å². The van der Waals surface area contributed by atoms with Gasteiger partial charge in [0.15, 0.2) is 0 Å². The quantitative estimate of drug-likeness (QED) is 0.774. The molecule has 3 nitrogen and oxygen atoms in total. The molecule has 2 aromatic rings. The van der Waals surface area contributed by atoms with Crippen LogP contribution in [0.3, 0.4) is 0 Å². The number of hydrogen-bond acceptors (Lipinski definition) is 1. The highest BCUT2D eigenvalue weighted by Crippen LogP contribution is 2.18. The first kappa shape index (κ1) is 12.8. The molecular weight excluding hydrogens is 212 g/mol. The Morgan fingerprint density at radius 1 is 0.824 bits per heavy atom. The van der Waals surface area contributed by atoms with Crippen molar-refractivity contribution in [1.82, 2.24) is 0 Å². The Labute approximate surface area is 101 Å². The van der Waals surface area contributed by atoms with E-state index in [1.54, 1.807) is 0 Å². The lowest BCUT2D eigenvalue weighted by molar-refractivity contribution is 0.256. The topological polar surface area (TPSA) is 69.1 Å². The van der Waals surface area contributed by atoms with Crippen LogP contribution in [0.25, 0.3) is 11.1 Å². The summed E-state index contributed by atoms with van der Waals surface area (Å²) in [5.41, 5.74) is 12.4. The van der Waals surface area contributed by atoms with Gasteiger partial charge in [-0.05, 0) is 18.1 Å². The predicted octanol–water partition coefficient (Wildman–Crippen LogP) is 2.69. The van der Waals surface area contributed by atoms with E-state index in [9.17, 15) is 0 Å². The Kier molecular flexibility index (Phi) is 4.76. The number of carbonyl (C=O) groups is 1. The van der Waals surface area contributed by atoms with Crippen LogP contribution >= 0.6 is 0 Å². The van der Waals surface area contributed by atoms with Gasteiger partial charge in [-0.2, -0.15) is 0 Å². The van der Waals surface area contributed by atoms with Gasteiger partial charge in [-0.1, -0.05) is 60.2 Å². The van der Waals surface area contributed by atoms with Crippen LogP contribution in [0.15, 0.2) is 54.6 Å². The van der Waals surface area contributed by atoms with Crippen molar-refractivity contribution in [2.24, 2.45) is 11.5 Å². The normalized spacial score (nSPS) is 9.00. The number of nitrogens with two attached hydrogens (primary N) is 2. The minimum atomic E-state index is -0.833. The van der Waals surface area contributed by atoms with E-state index in [0.717, 1.165) is 0 Å². The Balaban J connectivity index is 0.000000317. The summed E-state index contributed by atoms with van der Waals surface area (Å²) < 4.78 is 0. The molecule has 0 aliphatic heterocycles. The maximum atomic E-state index is 9.00. The monoisotopic (exact) mass is 228 g/mol. The number of aryl methyl sites for hydroxylation is 1. The standard InChI is InChI=1S/C13H12.CH4N2O/c1-11-7-9-13(10-8-11)12-5-3-2-4-6-12;2-1(3)4/h2-10H,1H3;(H4,2,3,4). The van der Waals surface area contributed by atoms with Crippen molar-refractivity contribution in [1.29, 1.82) is 0 Å². The van der Waals surface area contributed by atoms with Crippen LogP contribution in [0.1, 0.15) is 5.56 Å². The number of hydrogen-bond donors (Lipinski definition) is 2. The highest BCUT2D eigenvalue weighted by molar-refractivity contribution is 5.69. The van der Waals surface area contributed by atoms with Gasteiger partial charge in [-0.15, -0.1) is 0 Å². The van der Waals surface area contributed by atoms with E-state index in [0.29, 0.717) is 0 Å². The molecule has 0 saturated heterocycles. The summed E-state index contributed by atoms with van der Waals surface area (Å²) in [4.78, 5) is 9.00. The average Bonchev–Trinajstić information content (AvgIpc) is 2.30. The first-order chi connectivity index (χ1) is 8.09. The van der Waals surface area contributed by atoms with E-state index < -0.39 is 6.03 Å². The minimum absolute atomic E-state index is 0.833. The van der Waals surface area contributed by atoms with E-state index >= 15 is 0 Å². The summed E-state index contributed by atoms with van der Waals surface area (Å²) in [6.07, 6.45) is 0. The molecule has 4 N–H and O–H groups in total. The molecule has 0 atom stereocenters. The van der Waals surface area contributed by atoms with Gasteiger partial charge in [0.25, 0.3) is 0 Å². The van der Waals surface area contributed by atoms with Crippen LogP contribution in [0.5, 0.6) is 0 Å². The van der Waals surface area contributed by atoms with E-state index in [1.165, 1.54) is 16.7 Å². The Bertz CT molecular complexity index is 459. The maximum absolute atomic E-state index is 9.00. The molecule has 0 spiro atoms. The summed E-state index contributed by atoms with van der Waals surface area (Å²) in [6, 6.07) is 18.2. The zero-order chi connectivity index (χ0) is 12.7. The molecule has 0 aliphatic carbocycles. The molecule has 3 heteroatoms. The summed E-state index contributed by atoms with van der Waals surface area (Å²) >= 11 is 0. The summed E-state index contributed by atoms with van der Waals surface area (Å²) in [5.74, 6) is 0. The molecule has 0 aromatic heterocycles. The highest BCUT2D eigenvalue weighted by atomic mass is 16.2. The van der Waals surface area contributed by atoms with Crippen molar-refractivity contribution in [2.45, 2.75) is 6.92 Å². The highest BCUT2D eigenvalue weighted by Gasteiger charge is 1.93.